The molecule has 3 aliphatic rings. The average molecular weight is 337 g/mol. The first kappa shape index (κ1) is 14.7. The van der Waals surface area contributed by atoms with Crippen LogP contribution in [0.3, 0.4) is 0 Å². The minimum Gasteiger partial charge on any atom is -0.550 e. The minimum absolute atomic E-state index is 0.138. The van der Waals surface area contributed by atoms with E-state index in [-0.39, 0.29) is 5.91 Å². The lowest BCUT2D eigenvalue weighted by molar-refractivity contribution is -0.313. The van der Waals surface area contributed by atoms with Crippen molar-refractivity contribution >= 4 is 22.8 Å². The fourth-order valence-electron chi connectivity index (χ4n) is 4.63. The number of para-hydroxylation sites is 1. The van der Waals surface area contributed by atoms with Crippen LogP contribution in [0.15, 0.2) is 42.6 Å². The third-order valence-electron chi connectivity index (χ3n) is 5.78. The van der Waals surface area contributed by atoms with Gasteiger partial charge in [0, 0.05) is 35.5 Å². The van der Waals surface area contributed by atoms with Gasteiger partial charge in [-0.2, -0.15) is 0 Å². The normalized spacial score (nSPS) is 32.7. The molecule has 6 heteroatoms. The van der Waals surface area contributed by atoms with E-state index in [0.717, 1.165) is 16.5 Å². The molecule has 3 aliphatic heterocycles. The van der Waals surface area contributed by atoms with Crippen LogP contribution in [-0.4, -0.2) is 46.6 Å². The number of ether oxygens (including phenoxy) is 1. The number of amides is 1. The topological polar surface area (TPSA) is 85.5 Å². The summed E-state index contributed by atoms with van der Waals surface area (Å²) in [6.07, 6.45) is 5.77. The Labute approximate surface area is 144 Å². The summed E-state index contributed by atoms with van der Waals surface area (Å²) in [4.78, 5) is 29.3. The first-order chi connectivity index (χ1) is 12.1. The summed E-state index contributed by atoms with van der Waals surface area (Å²) in [6.45, 7) is 0.955. The maximum Gasteiger partial charge on any atom is 0.229 e. The van der Waals surface area contributed by atoms with Crippen LogP contribution < -0.4 is 5.11 Å². The second kappa shape index (κ2) is 4.95. The molecule has 5 rings (SSSR count). The molecule has 4 heterocycles. The Morgan fingerprint density at radius 2 is 2.24 bits per heavy atom. The van der Waals surface area contributed by atoms with E-state index in [9.17, 15) is 14.7 Å². The van der Waals surface area contributed by atoms with Gasteiger partial charge in [-0.3, -0.25) is 4.79 Å². The number of nitrogens with one attached hydrogen (secondary N) is 1. The molecule has 0 aliphatic carbocycles. The van der Waals surface area contributed by atoms with Gasteiger partial charge in [-0.15, -0.1) is 0 Å². The molecular weight excluding hydrogens is 320 g/mol. The zero-order chi connectivity index (χ0) is 17.2. The van der Waals surface area contributed by atoms with Gasteiger partial charge < -0.3 is 24.5 Å². The number of aromatic amines is 1. The van der Waals surface area contributed by atoms with Gasteiger partial charge in [0.05, 0.1) is 18.6 Å². The number of hydrogen-bond donors (Lipinski definition) is 1. The van der Waals surface area contributed by atoms with Gasteiger partial charge in [-0.1, -0.05) is 30.4 Å². The number of carbonyl (C=O) groups is 2. The van der Waals surface area contributed by atoms with Crippen LogP contribution in [0, 0.1) is 11.8 Å². The predicted molar refractivity (Wildman–Crippen MR) is 87.3 cm³/mol. The maximum atomic E-state index is 12.8. The van der Waals surface area contributed by atoms with E-state index in [2.05, 4.69) is 11.1 Å². The summed E-state index contributed by atoms with van der Waals surface area (Å²) in [5.41, 5.74) is 1.44. The molecule has 0 saturated carbocycles. The number of H-pyrrole nitrogens is 1. The minimum atomic E-state index is -1.20. The summed E-state index contributed by atoms with van der Waals surface area (Å²) in [6, 6.07) is 8.05. The molecule has 2 bridgehead atoms. The van der Waals surface area contributed by atoms with Gasteiger partial charge in [0.1, 0.15) is 5.60 Å². The number of carbonyl (C=O) groups excluding carboxylic acids is 2. The molecule has 25 heavy (non-hydrogen) atoms. The lowest BCUT2D eigenvalue weighted by Crippen LogP contribution is -2.45. The van der Waals surface area contributed by atoms with Crippen LogP contribution in [0.4, 0.5) is 0 Å². The Kier molecular flexibility index (Phi) is 2.92. The summed E-state index contributed by atoms with van der Waals surface area (Å²) in [7, 11) is 0. The fraction of sp³-hybridized carbons (Fsp3) is 0.368. The second-order valence-corrected chi connectivity index (χ2v) is 7.09. The number of aliphatic carboxylic acids is 1. The van der Waals surface area contributed by atoms with Crippen molar-refractivity contribution in [3.8, 4) is 0 Å². The molecule has 128 valence electrons. The molecule has 6 nitrogen and oxygen atoms in total. The number of carboxylic acids is 1. The van der Waals surface area contributed by atoms with Crippen LogP contribution in [0.1, 0.15) is 5.56 Å². The van der Waals surface area contributed by atoms with E-state index >= 15 is 0 Å². The molecule has 1 amide bonds. The van der Waals surface area contributed by atoms with E-state index in [4.69, 9.17) is 4.74 Å². The highest BCUT2D eigenvalue weighted by molar-refractivity contribution is 5.90. The summed E-state index contributed by atoms with van der Waals surface area (Å²) < 4.78 is 5.87. The smallest absolute Gasteiger partial charge is 0.229 e. The molecule has 1 aromatic heterocycles. The van der Waals surface area contributed by atoms with Gasteiger partial charge >= 0.3 is 0 Å². The first-order valence-electron chi connectivity index (χ1n) is 8.51. The molecule has 2 aromatic rings. The highest BCUT2D eigenvalue weighted by atomic mass is 16.5. The van der Waals surface area contributed by atoms with Gasteiger partial charge in [0.15, 0.2) is 0 Å². The van der Waals surface area contributed by atoms with Crippen molar-refractivity contribution in [2.45, 2.75) is 18.1 Å². The van der Waals surface area contributed by atoms with Crippen molar-refractivity contribution in [1.82, 2.24) is 9.88 Å². The fourth-order valence-corrected chi connectivity index (χ4v) is 4.63. The van der Waals surface area contributed by atoms with Crippen molar-refractivity contribution < 1.29 is 19.4 Å². The number of likely N-dealkylation sites (tertiary alicyclic amines) is 1. The summed E-state index contributed by atoms with van der Waals surface area (Å²) in [5, 5.41) is 12.6. The van der Waals surface area contributed by atoms with E-state index in [1.54, 1.807) is 11.0 Å². The van der Waals surface area contributed by atoms with Crippen molar-refractivity contribution in [3.63, 3.8) is 0 Å². The number of fused-ring (bicyclic) bond motifs is 2. The molecule has 1 spiro atoms. The number of aromatic nitrogens is 1. The van der Waals surface area contributed by atoms with E-state index in [1.807, 2.05) is 30.5 Å². The van der Waals surface area contributed by atoms with E-state index in [1.165, 1.54) is 0 Å². The van der Waals surface area contributed by atoms with Crippen molar-refractivity contribution in [1.29, 1.82) is 0 Å². The molecule has 0 radical (unpaired) electrons. The lowest BCUT2D eigenvalue weighted by atomic mass is 9.77. The molecule has 0 unspecified atom stereocenters. The standard InChI is InChI=1S/C19H18N2O4/c22-17-16-15(18(23)24)14-5-7-19(16,25-14)10-21(17)8-6-11-9-20-13-4-2-1-3-12(11)13/h1-5,7,9,14-16,20H,6,8,10H2,(H,23,24)/p-1/t14-,15-,16+,19-/m1/s1. The number of hydrogen-bond acceptors (Lipinski definition) is 4. The molecule has 4 atom stereocenters. The lowest BCUT2D eigenvalue weighted by Gasteiger charge is -2.24. The largest absolute Gasteiger partial charge is 0.550 e. The van der Waals surface area contributed by atoms with E-state index in [0.29, 0.717) is 19.5 Å². The second-order valence-electron chi connectivity index (χ2n) is 7.09. The van der Waals surface area contributed by atoms with Crippen molar-refractivity contribution in [3.05, 3.63) is 48.2 Å². The molecular formula is C19H17N2O4-. The molecule has 1 N–H and O–H groups in total. The Hall–Kier alpha value is -2.60. The quantitative estimate of drug-likeness (QED) is 0.810. The van der Waals surface area contributed by atoms with Crippen LogP contribution in [0.25, 0.3) is 10.9 Å². The maximum absolute atomic E-state index is 12.8. The van der Waals surface area contributed by atoms with Gasteiger partial charge in [0.2, 0.25) is 5.91 Å². The SMILES string of the molecule is O=C([O-])[C@H]1[C@H]2C(=O)N(CCc3c[nH]c4ccccc34)C[C@]23C=C[C@H]1O3. The Morgan fingerprint density at radius 1 is 1.40 bits per heavy atom. The first-order valence-corrected chi connectivity index (χ1v) is 8.51. The van der Waals surface area contributed by atoms with Crippen LogP contribution in [-0.2, 0) is 20.7 Å². The molecule has 2 fully saturated rings. The highest BCUT2D eigenvalue weighted by Gasteiger charge is 2.65. The van der Waals surface area contributed by atoms with Gasteiger partial charge in [0.25, 0.3) is 0 Å². The zero-order valence-electron chi connectivity index (χ0n) is 13.5. The van der Waals surface area contributed by atoms with Gasteiger partial charge in [-0.05, 0) is 18.1 Å². The average Bonchev–Trinajstić information content (AvgIpc) is 3.33. The predicted octanol–water partition coefficient (Wildman–Crippen LogP) is 0.242. The Balaban J connectivity index is 1.37. The van der Waals surface area contributed by atoms with E-state index < -0.39 is 29.5 Å². The van der Waals surface area contributed by atoms with Crippen LogP contribution >= 0.6 is 0 Å². The monoisotopic (exact) mass is 337 g/mol. The zero-order valence-corrected chi connectivity index (χ0v) is 13.5. The number of rotatable bonds is 4. The third kappa shape index (κ3) is 1.94. The van der Waals surface area contributed by atoms with Gasteiger partial charge in [-0.25, -0.2) is 0 Å². The third-order valence-corrected chi connectivity index (χ3v) is 5.78. The van der Waals surface area contributed by atoms with Crippen molar-refractivity contribution in [2.75, 3.05) is 13.1 Å². The van der Waals surface area contributed by atoms with Crippen LogP contribution in [0.2, 0.25) is 0 Å². The summed E-state index contributed by atoms with van der Waals surface area (Å²) in [5.74, 6) is -2.87. The number of nitrogens with zero attached hydrogens (tertiary/aromatic N) is 1. The summed E-state index contributed by atoms with van der Waals surface area (Å²) >= 11 is 0. The number of carboxylic acid groups (broad SMARTS) is 1. The van der Waals surface area contributed by atoms with Crippen LogP contribution in [0.5, 0.6) is 0 Å². The number of benzene rings is 1. The molecule has 2 saturated heterocycles. The Bertz CT molecular complexity index is 917. The Morgan fingerprint density at radius 3 is 3.08 bits per heavy atom. The highest BCUT2D eigenvalue weighted by Crippen LogP contribution is 2.51. The van der Waals surface area contributed by atoms with Crippen molar-refractivity contribution in [2.24, 2.45) is 11.8 Å². The molecule has 1 aromatic carbocycles.